The first kappa shape index (κ1) is 15.0. The van der Waals surface area contributed by atoms with Crippen molar-refractivity contribution in [1.29, 1.82) is 0 Å². The minimum Gasteiger partial charge on any atom is -0.396 e. The minimum atomic E-state index is 0.102. The zero-order chi connectivity index (χ0) is 12.7. The Bertz CT molecular complexity index is 201. The molecular formula is C15H31NO. The summed E-state index contributed by atoms with van der Waals surface area (Å²) in [6.07, 6.45) is 7.91. The molecule has 0 aliphatic carbocycles. The maximum absolute atomic E-state index is 9.50. The molecule has 2 atom stereocenters. The summed E-state index contributed by atoms with van der Waals surface area (Å²) < 4.78 is 0. The van der Waals surface area contributed by atoms with Gasteiger partial charge in [0.25, 0.3) is 0 Å². The molecule has 0 radical (unpaired) electrons. The van der Waals surface area contributed by atoms with Crippen LogP contribution in [-0.4, -0.2) is 36.2 Å². The normalized spacial score (nSPS) is 26.5. The fourth-order valence-corrected chi connectivity index (χ4v) is 2.89. The topological polar surface area (TPSA) is 23.5 Å². The molecule has 0 aromatic rings. The van der Waals surface area contributed by atoms with Gasteiger partial charge in [0.05, 0.1) is 0 Å². The van der Waals surface area contributed by atoms with E-state index in [1.165, 1.54) is 45.2 Å². The molecule has 1 rings (SSSR count). The van der Waals surface area contributed by atoms with E-state index in [4.69, 9.17) is 0 Å². The van der Waals surface area contributed by atoms with Crippen LogP contribution in [-0.2, 0) is 0 Å². The van der Waals surface area contributed by atoms with E-state index in [0.29, 0.717) is 6.61 Å². The zero-order valence-corrected chi connectivity index (χ0v) is 12.0. The zero-order valence-electron chi connectivity index (χ0n) is 12.0. The molecule has 1 heterocycles. The van der Waals surface area contributed by atoms with E-state index in [0.717, 1.165) is 18.9 Å². The Balaban J connectivity index is 2.40. The van der Waals surface area contributed by atoms with Gasteiger partial charge in [0, 0.05) is 18.6 Å². The summed E-state index contributed by atoms with van der Waals surface area (Å²) in [7, 11) is 0. The SMILES string of the molecule is CCCC1CCCN(CC(C)(CC)CO)CC1. The lowest BCUT2D eigenvalue weighted by Crippen LogP contribution is -2.38. The van der Waals surface area contributed by atoms with Crippen LogP contribution in [0.5, 0.6) is 0 Å². The van der Waals surface area contributed by atoms with Gasteiger partial charge in [0.2, 0.25) is 0 Å². The molecule has 102 valence electrons. The van der Waals surface area contributed by atoms with Gasteiger partial charge in [-0.2, -0.15) is 0 Å². The number of aliphatic hydroxyl groups is 1. The van der Waals surface area contributed by atoms with Crippen molar-refractivity contribution in [3.05, 3.63) is 0 Å². The molecule has 0 amide bonds. The van der Waals surface area contributed by atoms with E-state index in [2.05, 4.69) is 25.7 Å². The van der Waals surface area contributed by atoms with Crippen molar-refractivity contribution in [2.75, 3.05) is 26.2 Å². The summed E-state index contributed by atoms with van der Waals surface area (Å²) in [6, 6.07) is 0. The molecule has 17 heavy (non-hydrogen) atoms. The number of likely N-dealkylation sites (tertiary alicyclic amines) is 1. The quantitative estimate of drug-likeness (QED) is 0.771. The molecule has 0 spiro atoms. The van der Waals surface area contributed by atoms with Crippen LogP contribution in [0.3, 0.4) is 0 Å². The minimum absolute atomic E-state index is 0.102. The van der Waals surface area contributed by atoms with Crippen LogP contribution in [0.15, 0.2) is 0 Å². The molecule has 1 fully saturated rings. The standard InChI is InChI=1S/C15H31NO/c1-4-7-14-8-6-10-16(11-9-14)12-15(3,5-2)13-17/h14,17H,4-13H2,1-3H3. The van der Waals surface area contributed by atoms with Gasteiger partial charge in [-0.25, -0.2) is 0 Å². The Morgan fingerprint density at radius 1 is 1.24 bits per heavy atom. The van der Waals surface area contributed by atoms with Gasteiger partial charge in [-0.1, -0.05) is 33.6 Å². The maximum Gasteiger partial charge on any atom is 0.0496 e. The number of rotatable bonds is 6. The average Bonchev–Trinajstić information content (AvgIpc) is 2.55. The van der Waals surface area contributed by atoms with Crippen molar-refractivity contribution in [1.82, 2.24) is 4.90 Å². The van der Waals surface area contributed by atoms with Crippen molar-refractivity contribution in [2.45, 2.75) is 59.3 Å². The van der Waals surface area contributed by atoms with Crippen LogP contribution in [0.2, 0.25) is 0 Å². The van der Waals surface area contributed by atoms with Gasteiger partial charge in [-0.15, -0.1) is 0 Å². The van der Waals surface area contributed by atoms with Crippen LogP contribution in [0.1, 0.15) is 59.3 Å². The molecular weight excluding hydrogens is 210 g/mol. The van der Waals surface area contributed by atoms with Crippen molar-refractivity contribution in [3.8, 4) is 0 Å². The van der Waals surface area contributed by atoms with Crippen molar-refractivity contribution < 1.29 is 5.11 Å². The first-order valence-corrected chi connectivity index (χ1v) is 7.46. The van der Waals surface area contributed by atoms with Gasteiger partial charge in [-0.05, 0) is 44.7 Å². The lowest BCUT2D eigenvalue weighted by Gasteiger charge is -2.32. The summed E-state index contributed by atoms with van der Waals surface area (Å²) in [6.45, 7) is 10.5. The summed E-state index contributed by atoms with van der Waals surface area (Å²) >= 11 is 0. The number of hydrogen-bond donors (Lipinski definition) is 1. The average molecular weight is 241 g/mol. The highest BCUT2D eigenvalue weighted by atomic mass is 16.3. The Hall–Kier alpha value is -0.0800. The second-order valence-electron chi connectivity index (χ2n) is 6.18. The van der Waals surface area contributed by atoms with E-state index in [9.17, 15) is 5.11 Å². The smallest absolute Gasteiger partial charge is 0.0496 e. The van der Waals surface area contributed by atoms with E-state index in [1.807, 2.05) is 0 Å². The lowest BCUT2D eigenvalue weighted by atomic mass is 9.88. The molecule has 0 aromatic heterocycles. The monoisotopic (exact) mass is 241 g/mol. The molecule has 1 aliphatic heterocycles. The van der Waals surface area contributed by atoms with E-state index < -0.39 is 0 Å². The Morgan fingerprint density at radius 3 is 2.59 bits per heavy atom. The molecule has 2 heteroatoms. The number of hydrogen-bond acceptors (Lipinski definition) is 2. The second-order valence-corrected chi connectivity index (χ2v) is 6.18. The first-order chi connectivity index (χ1) is 8.13. The Morgan fingerprint density at radius 2 is 2.00 bits per heavy atom. The maximum atomic E-state index is 9.50. The Labute approximate surface area is 107 Å². The van der Waals surface area contributed by atoms with E-state index in [1.54, 1.807) is 0 Å². The lowest BCUT2D eigenvalue weighted by molar-refractivity contribution is 0.0855. The molecule has 0 bridgehead atoms. The summed E-state index contributed by atoms with van der Waals surface area (Å²) in [5, 5.41) is 9.50. The van der Waals surface area contributed by atoms with Gasteiger partial charge in [0.15, 0.2) is 0 Å². The first-order valence-electron chi connectivity index (χ1n) is 7.46. The fourth-order valence-electron chi connectivity index (χ4n) is 2.89. The van der Waals surface area contributed by atoms with Crippen LogP contribution in [0.4, 0.5) is 0 Å². The van der Waals surface area contributed by atoms with E-state index in [-0.39, 0.29) is 5.41 Å². The highest BCUT2D eigenvalue weighted by Crippen LogP contribution is 2.26. The Kier molecular flexibility index (Phi) is 6.50. The highest BCUT2D eigenvalue weighted by Gasteiger charge is 2.26. The van der Waals surface area contributed by atoms with Crippen LogP contribution in [0, 0.1) is 11.3 Å². The van der Waals surface area contributed by atoms with Crippen molar-refractivity contribution in [3.63, 3.8) is 0 Å². The van der Waals surface area contributed by atoms with Gasteiger partial charge >= 0.3 is 0 Å². The molecule has 1 aliphatic rings. The van der Waals surface area contributed by atoms with Crippen LogP contribution < -0.4 is 0 Å². The van der Waals surface area contributed by atoms with Gasteiger partial charge in [-0.3, -0.25) is 0 Å². The van der Waals surface area contributed by atoms with Crippen molar-refractivity contribution >= 4 is 0 Å². The molecule has 0 saturated carbocycles. The fraction of sp³-hybridized carbons (Fsp3) is 1.00. The van der Waals surface area contributed by atoms with Gasteiger partial charge < -0.3 is 10.0 Å². The summed E-state index contributed by atoms with van der Waals surface area (Å²) in [5.41, 5.74) is 0.102. The number of aliphatic hydroxyl groups excluding tert-OH is 1. The molecule has 1 saturated heterocycles. The largest absolute Gasteiger partial charge is 0.396 e. The predicted octanol–water partition coefficient (Wildman–Crippen LogP) is 3.30. The molecule has 1 N–H and O–H groups in total. The second kappa shape index (κ2) is 7.38. The highest BCUT2D eigenvalue weighted by molar-refractivity contribution is 4.79. The van der Waals surface area contributed by atoms with Crippen LogP contribution in [0.25, 0.3) is 0 Å². The van der Waals surface area contributed by atoms with Gasteiger partial charge in [0.1, 0.15) is 0 Å². The summed E-state index contributed by atoms with van der Waals surface area (Å²) in [5.74, 6) is 0.951. The van der Waals surface area contributed by atoms with Crippen molar-refractivity contribution in [2.24, 2.45) is 11.3 Å². The summed E-state index contributed by atoms with van der Waals surface area (Å²) in [4.78, 5) is 2.58. The third kappa shape index (κ3) is 4.97. The number of nitrogens with zero attached hydrogens (tertiary/aromatic N) is 1. The predicted molar refractivity (Wildman–Crippen MR) is 74.2 cm³/mol. The molecule has 2 unspecified atom stereocenters. The third-order valence-electron chi connectivity index (χ3n) is 4.48. The molecule has 2 nitrogen and oxygen atoms in total. The van der Waals surface area contributed by atoms with Crippen LogP contribution >= 0.6 is 0 Å². The van der Waals surface area contributed by atoms with E-state index >= 15 is 0 Å². The third-order valence-corrected chi connectivity index (χ3v) is 4.48. The molecule has 0 aromatic carbocycles.